The van der Waals surface area contributed by atoms with Crippen LogP contribution in [0.1, 0.15) is 25.7 Å². The third-order valence-corrected chi connectivity index (χ3v) is 3.09. The van der Waals surface area contributed by atoms with E-state index in [9.17, 15) is 10.2 Å². The SMILES string of the molecule is COCCOCC(O)CNC1CCCCC1O. The molecule has 1 rings (SSSR count). The van der Waals surface area contributed by atoms with Crippen molar-refractivity contribution in [3.05, 3.63) is 0 Å². The molecule has 3 atom stereocenters. The van der Waals surface area contributed by atoms with Crippen LogP contribution in [0.3, 0.4) is 0 Å². The smallest absolute Gasteiger partial charge is 0.0897 e. The topological polar surface area (TPSA) is 71.0 Å². The monoisotopic (exact) mass is 247 g/mol. The maximum absolute atomic E-state index is 9.74. The molecule has 102 valence electrons. The molecule has 1 fully saturated rings. The van der Waals surface area contributed by atoms with Crippen molar-refractivity contribution in [2.75, 3.05) is 33.5 Å². The molecule has 5 nitrogen and oxygen atoms in total. The zero-order valence-corrected chi connectivity index (χ0v) is 10.6. The average molecular weight is 247 g/mol. The van der Waals surface area contributed by atoms with E-state index in [1.807, 2.05) is 0 Å². The van der Waals surface area contributed by atoms with Gasteiger partial charge in [0.25, 0.3) is 0 Å². The Morgan fingerprint density at radius 3 is 2.76 bits per heavy atom. The quantitative estimate of drug-likeness (QED) is 0.523. The lowest BCUT2D eigenvalue weighted by Crippen LogP contribution is -2.45. The Hall–Kier alpha value is -0.200. The van der Waals surface area contributed by atoms with Gasteiger partial charge in [0.15, 0.2) is 0 Å². The van der Waals surface area contributed by atoms with Gasteiger partial charge in [-0.15, -0.1) is 0 Å². The van der Waals surface area contributed by atoms with E-state index < -0.39 is 6.10 Å². The highest BCUT2D eigenvalue weighted by Crippen LogP contribution is 2.18. The first kappa shape index (κ1) is 14.9. The van der Waals surface area contributed by atoms with E-state index in [2.05, 4.69) is 5.32 Å². The van der Waals surface area contributed by atoms with Crippen molar-refractivity contribution in [3.63, 3.8) is 0 Å². The van der Waals surface area contributed by atoms with Gasteiger partial charge in [0.1, 0.15) is 0 Å². The Morgan fingerprint density at radius 1 is 1.29 bits per heavy atom. The highest BCUT2D eigenvalue weighted by atomic mass is 16.5. The first-order chi connectivity index (χ1) is 8.24. The Kier molecular flexibility index (Phi) is 7.72. The number of ether oxygens (including phenoxy) is 2. The third-order valence-electron chi connectivity index (χ3n) is 3.09. The fourth-order valence-electron chi connectivity index (χ4n) is 2.06. The van der Waals surface area contributed by atoms with Crippen molar-refractivity contribution >= 4 is 0 Å². The summed E-state index contributed by atoms with van der Waals surface area (Å²) in [4.78, 5) is 0. The van der Waals surface area contributed by atoms with Gasteiger partial charge in [-0.1, -0.05) is 12.8 Å². The number of rotatable bonds is 8. The summed E-state index contributed by atoms with van der Waals surface area (Å²) in [6, 6.07) is 0.123. The Balaban J connectivity index is 2.03. The Labute approximate surface area is 103 Å². The maximum atomic E-state index is 9.74. The molecule has 0 aromatic carbocycles. The highest BCUT2D eigenvalue weighted by molar-refractivity contribution is 4.81. The van der Waals surface area contributed by atoms with Crippen molar-refractivity contribution < 1.29 is 19.7 Å². The molecule has 0 bridgehead atoms. The summed E-state index contributed by atoms with van der Waals surface area (Å²) in [6.07, 6.45) is 3.29. The standard InChI is InChI=1S/C12H25NO4/c1-16-6-7-17-9-10(14)8-13-11-4-2-3-5-12(11)15/h10-15H,2-9H2,1H3. The van der Waals surface area contributed by atoms with E-state index in [0.29, 0.717) is 26.4 Å². The van der Waals surface area contributed by atoms with Crippen LogP contribution in [-0.2, 0) is 9.47 Å². The minimum atomic E-state index is -0.527. The number of hydrogen-bond donors (Lipinski definition) is 3. The van der Waals surface area contributed by atoms with E-state index in [1.165, 1.54) is 0 Å². The molecule has 0 amide bonds. The van der Waals surface area contributed by atoms with Gasteiger partial charge in [-0.3, -0.25) is 0 Å². The third kappa shape index (κ3) is 6.33. The second-order valence-corrected chi connectivity index (χ2v) is 4.59. The molecule has 0 aliphatic heterocycles. The van der Waals surface area contributed by atoms with Gasteiger partial charge >= 0.3 is 0 Å². The predicted molar refractivity (Wildman–Crippen MR) is 65.0 cm³/mol. The van der Waals surface area contributed by atoms with Crippen LogP contribution in [0, 0.1) is 0 Å². The summed E-state index contributed by atoms with van der Waals surface area (Å²) in [6.45, 7) is 1.81. The van der Waals surface area contributed by atoms with E-state index in [1.54, 1.807) is 7.11 Å². The summed E-state index contributed by atoms with van der Waals surface area (Å²) >= 11 is 0. The van der Waals surface area contributed by atoms with E-state index >= 15 is 0 Å². The van der Waals surface area contributed by atoms with Gasteiger partial charge in [-0.25, -0.2) is 0 Å². The van der Waals surface area contributed by atoms with Gasteiger partial charge in [0, 0.05) is 19.7 Å². The second-order valence-electron chi connectivity index (χ2n) is 4.59. The van der Waals surface area contributed by atoms with Gasteiger partial charge < -0.3 is 25.0 Å². The molecule has 1 saturated carbocycles. The molecule has 17 heavy (non-hydrogen) atoms. The summed E-state index contributed by atoms with van der Waals surface area (Å²) in [5, 5.41) is 22.6. The van der Waals surface area contributed by atoms with Gasteiger partial charge in [0.2, 0.25) is 0 Å². The summed E-state index contributed by atoms with van der Waals surface area (Å²) in [7, 11) is 1.62. The minimum Gasteiger partial charge on any atom is -0.392 e. The lowest BCUT2D eigenvalue weighted by molar-refractivity contribution is 0.00865. The minimum absolute atomic E-state index is 0.123. The molecule has 0 heterocycles. The zero-order valence-electron chi connectivity index (χ0n) is 10.6. The van der Waals surface area contributed by atoms with Crippen LogP contribution < -0.4 is 5.32 Å². The number of methoxy groups -OCH3 is 1. The van der Waals surface area contributed by atoms with Gasteiger partial charge in [-0.05, 0) is 12.8 Å². The number of aliphatic hydroxyl groups is 2. The van der Waals surface area contributed by atoms with Crippen LogP contribution in [0.15, 0.2) is 0 Å². The zero-order chi connectivity index (χ0) is 12.5. The Morgan fingerprint density at radius 2 is 2.06 bits per heavy atom. The summed E-state index contributed by atoms with van der Waals surface area (Å²) < 4.78 is 10.1. The van der Waals surface area contributed by atoms with Crippen molar-refractivity contribution in [3.8, 4) is 0 Å². The second kappa shape index (κ2) is 8.83. The van der Waals surface area contributed by atoms with Crippen molar-refractivity contribution in [1.82, 2.24) is 5.32 Å². The molecule has 5 heteroatoms. The fraction of sp³-hybridized carbons (Fsp3) is 1.00. The number of aliphatic hydroxyl groups excluding tert-OH is 2. The molecule has 0 spiro atoms. The Bertz CT molecular complexity index is 191. The summed E-state index contributed by atoms with van der Waals surface area (Å²) in [5.74, 6) is 0. The van der Waals surface area contributed by atoms with E-state index in [-0.39, 0.29) is 12.1 Å². The molecule has 1 aliphatic carbocycles. The predicted octanol–water partition coefficient (Wildman–Crippen LogP) is -0.0966. The molecular formula is C12H25NO4. The maximum Gasteiger partial charge on any atom is 0.0897 e. The van der Waals surface area contributed by atoms with Gasteiger partial charge in [-0.2, -0.15) is 0 Å². The van der Waals surface area contributed by atoms with Crippen LogP contribution in [0.5, 0.6) is 0 Å². The van der Waals surface area contributed by atoms with Crippen molar-refractivity contribution in [2.45, 2.75) is 43.9 Å². The van der Waals surface area contributed by atoms with Crippen LogP contribution in [-0.4, -0.2) is 61.9 Å². The number of hydrogen-bond acceptors (Lipinski definition) is 5. The average Bonchev–Trinajstić information content (AvgIpc) is 2.34. The molecule has 0 aromatic rings. The molecule has 0 saturated heterocycles. The summed E-state index contributed by atoms with van der Waals surface area (Å²) in [5.41, 5.74) is 0. The molecule has 0 aromatic heterocycles. The first-order valence-electron chi connectivity index (χ1n) is 6.40. The van der Waals surface area contributed by atoms with E-state index in [4.69, 9.17) is 9.47 Å². The van der Waals surface area contributed by atoms with E-state index in [0.717, 1.165) is 25.7 Å². The molecular weight excluding hydrogens is 222 g/mol. The normalized spacial score (nSPS) is 27.0. The fourth-order valence-corrected chi connectivity index (χ4v) is 2.06. The highest BCUT2D eigenvalue weighted by Gasteiger charge is 2.22. The van der Waals surface area contributed by atoms with Crippen molar-refractivity contribution in [2.24, 2.45) is 0 Å². The lowest BCUT2D eigenvalue weighted by Gasteiger charge is -2.29. The van der Waals surface area contributed by atoms with Crippen LogP contribution in [0.4, 0.5) is 0 Å². The van der Waals surface area contributed by atoms with Crippen LogP contribution in [0.2, 0.25) is 0 Å². The molecule has 3 N–H and O–H groups in total. The largest absolute Gasteiger partial charge is 0.392 e. The van der Waals surface area contributed by atoms with Crippen LogP contribution >= 0.6 is 0 Å². The lowest BCUT2D eigenvalue weighted by atomic mass is 9.92. The van der Waals surface area contributed by atoms with Gasteiger partial charge in [0.05, 0.1) is 32.0 Å². The molecule has 0 radical (unpaired) electrons. The first-order valence-corrected chi connectivity index (χ1v) is 6.40. The van der Waals surface area contributed by atoms with Crippen molar-refractivity contribution in [1.29, 1.82) is 0 Å². The van der Waals surface area contributed by atoms with Crippen LogP contribution in [0.25, 0.3) is 0 Å². The number of nitrogens with one attached hydrogen (secondary N) is 1. The molecule has 3 unspecified atom stereocenters. The molecule has 1 aliphatic rings.